The summed E-state index contributed by atoms with van der Waals surface area (Å²) in [6.45, 7) is 0. The van der Waals surface area contributed by atoms with Gasteiger partial charge in [-0.25, -0.2) is 16.8 Å². The molecule has 0 N–H and O–H groups in total. The number of hydrogen-bond donors (Lipinski definition) is 0. The summed E-state index contributed by atoms with van der Waals surface area (Å²) in [7, 11) is -18.5. The second kappa shape index (κ2) is 6.21. The zero-order valence-corrected chi connectivity index (χ0v) is 13.5. The Morgan fingerprint density at radius 2 is 0.955 bits per heavy atom. The van der Waals surface area contributed by atoms with Gasteiger partial charge < -0.3 is 13.3 Å². The van der Waals surface area contributed by atoms with Crippen molar-refractivity contribution >= 4 is 29.0 Å². The summed E-state index contributed by atoms with van der Waals surface area (Å²) in [6, 6.07) is 0. The zero-order chi connectivity index (χ0) is 18.2. The Morgan fingerprint density at radius 3 is 1.09 bits per heavy atom. The van der Waals surface area contributed by atoms with Crippen molar-refractivity contribution in [2.45, 2.75) is 11.0 Å². The van der Waals surface area contributed by atoms with E-state index >= 15 is 0 Å². The van der Waals surface area contributed by atoms with Crippen LogP contribution in [-0.4, -0.2) is 61.5 Å². The van der Waals surface area contributed by atoms with Crippen molar-refractivity contribution < 1.29 is 56.5 Å². The van der Waals surface area contributed by atoms with Crippen LogP contribution in [0.5, 0.6) is 0 Å². The Hall–Kier alpha value is -0.463. The van der Waals surface area contributed by atoms with Gasteiger partial charge in [0.1, 0.15) is 0 Å². The van der Waals surface area contributed by atoms with Crippen LogP contribution < -0.4 is 0 Å². The molecule has 0 aliphatic rings. The van der Waals surface area contributed by atoms with Crippen molar-refractivity contribution in [1.82, 2.24) is 3.38 Å². The van der Waals surface area contributed by atoms with E-state index in [1.807, 2.05) is 0 Å². The largest absolute Gasteiger partial charge is 0.628 e. The van der Waals surface area contributed by atoms with Gasteiger partial charge >= 0.3 is 40.0 Å². The molecule has 0 aromatic rings. The summed E-state index contributed by atoms with van der Waals surface area (Å²) in [6.07, 6.45) is 0. The molecule has 17 heteroatoms. The van der Waals surface area contributed by atoms with Gasteiger partial charge in [0.05, 0.1) is 0 Å². The maximum Gasteiger partial charge on any atom is 0.628 e. The highest BCUT2D eigenvalue weighted by atomic mass is 32.3. The fraction of sp³-hybridized carbons (Fsp3) is 1.00. The Kier molecular flexibility index (Phi) is 6.08. The molecule has 0 aliphatic carbocycles. The van der Waals surface area contributed by atoms with Crippen LogP contribution in [0.25, 0.3) is 0 Å². The lowest BCUT2D eigenvalue weighted by Crippen LogP contribution is -2.67. The lowest BCUT2D eigenvalue weighted by molar-refractivity contribution is -0.0543. The minimum Gasteiger partial charge on any atom is -0.363 e. The Bertz CT molecular complexity index is 542. The molecular weight excluding hydrogens is 392 g/mol. The Morgan fingerprint density at radius 1 is 0.727 bits per heavy atom. The fourth-order valence-electron chi connectivity index (χ4n) is 1.09. The van der Waals surface area contributed by atoms with E-state index in [0.717, 1.165) is 0 Å². The minimum atomic E-state index is -7.06. The number of nitrogens with zero attached hydrogens (tertiary/aromatic N) is 1. The predicted molar refractivity (Wildman–Crippen MR) is 58.6 cm³/mol. The highest BCUT2D eigenvalue weighted by Gasteiger charge is 2.72. The van der Waals surface area contributed by atoms with Gasteiger partial charge in [0, 0.05) is 21.3 Å². The normalized spacial score (nSPS) is 15.4. The average molecular weight is 401 g/mol. The molecule has 0 aromatic carbocycles. The van der Waals surface area contributed by atoms with Crippen LogP contribution in [-0.2, 0) is 33.3 Å². The first-order chi connectivity index (χ1) is 9.55. The van der Waals surface area contributed by atoms with Gasteiger partial charge in [-0.3, -0.25) is 0 Å². The quantitative estimate of drug-likeness (QED) is 0.468. The monoisotopic (exact) mass is 401 g/mol. The molecule has 0 amide bonds. The van der Waals surface area contributed by atoms with Crippen LogP contribution >= 0.6 is 0 Å². The molecular formula is C5H9F6NO7S2Si. The van der Waals surface area contributed by atoms with Crippen molar-refractivity contribution in [2.75, 3.05) is 21.3 Å². The van der Waals surface area contributed by atoms with Gasteiger partial charge in [-0.1, -0.05) is 0 Å². The van der Waals surface area contributed by atoms with Crippen LogP contribution in [0.2, 0.25) is 0 Å². The lowest BCUT2D eigenvalue weighted by atomic mass is 11.6. The molecule has 0 radical (unpaired) electrons. The minimum absolute atomic E-state index is 0.421. The summed E-state index contributed by atoms with van der Waals surface area (Å²) in [5, 5.41) is 0. The van der Waals surface area contributed by atoms with E-state index in [1.54, 1.807) is 0 Å². The average Bonchev–Trinajstić information content (AvgIpc) is 2.32. The molecule has 134 valence electrons. The Labute approximate surface area is 122 Å². The second-order valence-corrected chi connectivity index (χ2v) is 10.4. The SMILES string of the molecule is CO[Si](OC)(OC)N(S(=O)(=O)C(F)(F)F)S(=O)(=O)C(F)(F)F. The van der Waals surface area contributed by atoms with Gasteiger partial charge in [-0.05, 0) is 3.38 Å². The molecule has 0 aromatic heterocycles. The van der Waals surface area contributed by atoms with Crippen molar-refractivity contribution in [3.63, 3.8) is 0 Å². The highest BCUT2D eigenvalue weighted by molar-refractivity contribution is 8.06. The third-order valence-corrected chi connectivity index (χ3v) is 10.0. The molecule has 0 saturated carbocycles. The van der Waals surface area contributed by atoms with Gasteiger partial charge in [0.2, 0.25) is 0 Å². The number of alkyl halides is 6. The van der Waals surface area contributed by atoms with Crippen LogP contribution in [0.15, 0.2) is 0 Å². The summed E-state index contributed by atoms with van der Waals surface area (Å²) < 4.78 is 131. The van der Waals surface area contributed by atoms with E-state index in [2.05, 4.69) is 13.3 Å². The predicted octanol–water partition coefficient (Wildman–Crippen LogP) is 0.362. The molecule has 0 atom stereocenters. The molecule has 0 saturated heterocycles. The fourth-order valence-corrected chi connectivity index (χ4v) is 8.27. The highest BCUT2D eigenvalue weighted by Crippen LogP contribution is 2.39. The van der Waals surface area contributed by atoms with Gasteiger partial charge in [-0.15, -0.1) is 0 Å². The molecule has 22 heavy (non-hydrogen) atoms. The van der Waals surface area contributed by atoms with E-state index in [9.17, 15) is 43.2 Å². The van der Waals surface area contributed by atoms with Crippen molar-refractivity contribution in [2.24, 2.45) is 0 Å². The smallest absolute Gasteiger partial charge is 0.363 e. The van der Waals surface area contributed by atoms with Crippen LogP contribution in [0.4, 0.5) is 26.3 Å². The van der Waals surface area contributed by atoms with E-state index in [0.29, 0.717) is 21.3 Å². The lowest BCUT2D eigenvalue weighted by Gasteiger charge is -2.33. The van der Waals surface area contributed by atoms with Gasteiger partial charge in [0.15, 0.2) is 0 Å². The van der Waals surface area contributed by atoms with Crippen LogP contribution in [0.1, 0.15) is 0 Å². The number of rotatable bonds is 6. The molecule has 0 unspecified atom stereocenters. The van der Waals surface area contributed by atoms with Crippen molar-refractivity contribution in [3.8, 4) is 0 Å². The second-order valence-electron chi connectivity index (χ2n) is 3.23. The molecule has 0 heterocycles. The summed E-state index contributed by atoms with van der Waals surface area (Å²) in [5.74, 6) is 0. The standard InChI is InChI=1S/C5H9F6NO7S2Si/c1-17-22(18-2,19-3)12(20(13,14)4(6,7)8)21(15,16)5(9,10)11/h1-3H3. The van der Waals surface area contributed by atoms with E-state index in [4.69, 9.17) is 0 Å². The number of halogens is 6. The van der Waals surface area contributed by atoms with Crippen molar-refractivity contribution in [1.29, 1.82) is 0 Å². The number of sulfonamides is 2. The first kappa shape index (κ1) is 21.5. The molecule has 0 fully saturated rings. The topological polar surface area (TPSA) is 99.2 Å². The third-order valence-electron chi connectivity index (χ3n) is 2.02. The third kappa shape index (κ3) is 3.38. The molecule has 0 aliphatic heterocycles. The van der Waals surface area contributed by atoms with Crippen molar-refractivity contribution in [3.05, 3.63) is 0 Å². The van der Waals surface area contributed by atoms with Crippen LogP contribution in [0, 0.1) is 0 Å². The van der Waals surface area contributed by atoms with Gasteiger partial charge in [0.25, 0.3) is 0 Å². The molecule has 0 rings (SSSR count). The molecule has 0 spiro atoms. The van der Waals surface area contributed by atoms with E-state index < -0.39 is 43.4 Å². The first-order valence-electron chi connectivity index (χ1n) is 4.63. The zero-order valence-electron chi connectivity index (χ0n) is 10.9. The summed E-state index contributed by atoms with van der Waals surface area (Å²) in [4.78, 5) is 0. The van der Waals surface area contributed by atoms with Gasteiger partial charge in [-0.2, -0.15) is 26.3 Å². The number of hydrogen-bond acceptors (Lipinski definition) is 7. The molecule has 0 bridgehead atoms. The van der Waals surface area contributed by atoms with E-state index in [-0.39, 0.29) is 0 Å². The Balaban J connectivity index is 6.80. The van der Waals surface area contributed by atoms with E-state index in [1.165, 1.54) is 0 Å². The van der Waals surface area contributed by atoms with Crippen LogP contribution in [0.3, 0.4) is 0 Å². The maximum absolute atomic E-state index is 12.5. The molecule has 8 nitrogen and oxygen atoms in total. The summed E-state index contributed by atoms with van der Waals surface area (Å²) in [5.41, 5.74) is -12.8. The summed E-state index contributed by atoms with van der Waals surface area (Å²) >= 11 is 0. The maximum atomic E-state index is 12.5. The first-order valence-corrected chi connectivity index (χ1v) is 9.19.